The second-order valence-electron chi connectivity index (χ2n) is 2.81. The highest BCUT2D eigenvalue weighted by Gasteiger charge is 2.44. The zero-order chi connectivity index (χ0) is 9.30. The van der Waals surface area contributed by atoms with Gasteiger partial charge in [0.15, 0.2) is 6.23 Å². The van der Waals surface area contributed by atoms with E-state index in [1.54, 1.807) is 0 Å². The first kappa shape index (κ1) is 8.99. The van der Waals surface area contributed by atoms with Crippen LogP contribution in [-0.4, -0.2) is 29.3 Å². The van der Waals surface area contributed by atoms with Crippen LogP contribution >= 0.6 is 0 Å². The van der Waals surface area contributed by atoms with Gasteiger partial charge in [-0.25, -0.2) is 0 Å². The molecule has 12 heavy (non-hydrogen) atoms. The van der Waals surface area contributed by atoms with Crippen molar-refractivity contribution in [3.63, 3.8) is 0 Å². The maximum absolute atomic E-state index is 10.8. The number of carbonyl (C=O) groups is 2. The monoisotopic (exact) mass is 173 g/mol. The van der Waals surface area contributed by atoms with Crippen molar-refractivity contribution in [1.82, 2.24) is 5.32 Å². The van der Waals surface area contributed by atoms with E-state index in [9.17, 15) is 9.59 Å². The van der Waals surface area contributed by atoms with Crippen LogP contribution in [0.4, 0.5) is 0 Å². The van der Waals surface area contributed by atoms with Gasteiger partial charge in [0.25, 0.3) is 0 Å². The Kier molecular flexibility index (Phi) is 2.32. The molecule has 5 nitrogen and oxygen atoms in total. The summed E-state index contributed by atoms with van der Waals surface area (Å²) in [5, 5.41) is 11.4. The van der Waals surface area contributed by atoms with E-state index in [4.69, 9.17) is 9.84 Å². The molecule has 0 saturated carbocycles. The quantitative estimate of drug-likeness (QED) is 0.415. The van der Waals surface area contributed by atoms with Gasteiger partial charge in [-0.05, 0) is 6.92 Å². The number of β-lactam (4-membered cyclic amide) rings is 1. The minimum absolute atomic E-state index is 0.281. The Morgan fingerprint density at radius 3 is 2.67 bits per heavy atom. The Morgan fingerprint density at radius 1 is 1.75 bits per heavy atom. The maximum atomic E-state index is 10.8. The van der Waals surface area contributed by atoms with Gasteiger partial charge in [-0.2, -0.15) is 0 Å². The third kappa shape index (κ3) is 1.55. The molecular weight excluding hydrogens is 162 g/mol. The third-order valence-electron chi connectivity index (χ3n) is 1.73. The molecule has 0 spiro atoms. The van der Waals surface area contributed by atoms with Gasteiger partial charge in [0.1, 0.15) is 5.92 Å². The fraction of sp³-hybridized carbons (Fsp3) is 0.714. The molecule has 1 fully saturated rings. The van der Waals surface area contributed by atoms with Crippen molar-refractivity contribution in [1.29, 1.82) is 0 Å². The Hall–Kier alpha value is -1.10. The molecule has 1 heterocycles. The molecule has 1 amide bonds. The number of hydrogen-bond acceptors (Lipinski definition) is 4. The molecule has 0 aliphatic carbocycles. The SMILES string of the molecule is CC(=O)O[C@H]1NC(=O)C1[C@@H](C)O. The van der Waals surface area contributed by atoms with Crippen LogP contribution in [-0.2, 0) is 14.3 Å². The van der Waals surface area contributed by atoms with E-state index in [-0.39, 0.29) is 5.91 Å². The minimum Gasteiger partial charge on any atom is -0.441 e. The van der Waals surface area contributed by atoms with Crippen molar-refractivity contribution in [3.05, 3.63) is 0 Å². The Bertz CT molecular complexity index is 213. The van der Waals surface area contributed by atoms with Crippen LogP contribution in [0.15, 0.2) is 0 Å². The number of aliphatic hydroxyl groups excluding tert-OH is 1. The predicted octanol–water partition coefficient (Wildman–Crippen LogP) is -0.998. The molecule has 1 rings (SSSR count). The first-order valence-corrected chi connectivity index (χ1v) is 3.68. The van der Waals surface area contributed by atoms with E-state index in [1.165, 1.54) is 13.8 Å². The lowest BCUT2D eigenvalue weighted by Crippen LogP contribution is -2.63. The standard InChI is InChI=1S/C7H11NO4/c1-3(9)5-6(11)8-7(5)12-4(2)10/h3,5,7,9H,1-2H3,(H,8,11)/t3-,5?,7-/m1/s1. The van der Waals surface area contributed by atoms with Crippen LogP contribution in [0.25, 0.3) is 0 Å². The molecule has 1 unspecified atom stereocenters. The minimum atomic E-state index is -0.789. The van der Waals surface area contributed by atoms with Gasteiger partial charge in [-0.3, -0.25) is 9.59 Å². The lowest BCUT2D eigenvalue weighted by atomic mass is 9.94. The molecule has 0 aromatic rings. The topological polar surface area (TPSA) is 75.6 Å². The van der Waals surface area contributed by atoms with Crippen molar-refractivity contribution in [3.8, 4) is 0 Å². The number of carbonyl (C=O) groups excluding carboxylic acids is 2. The van der Waals surface area contributed by atoms with Crippen LogP contribution in [0.2, 0.25) is 0 Å². The van der Waals surface area contributed by atoms with Crippen LogP contribution in [0.5, 0.6) is 0 Å². The Balaban J connectivity index is 2.48. The molecule has 0 aromatic carbocycles. The molecule has 68 valence electrons. The zero-order valence-corrected chi connectivity index (χ0v) is 6.90. The highest BCUT2D eigenvalue weighted by atomic mass is 16.6. The summed E-state index contributed by atoms with van der Waals surface area (Å²) in [5.41, 5.74) is 0. The molecule has 1 aliphatic rings. The van der Waals surface area contributed by atoms with E-state index >= 15 is 0 Å². The van der Waals surface area contributed by atoms with E-state index in [1.807, 2.05) is 0 Å². The Labute approximate surface area is 69.7 Å². The maximum Gasteiger partial charge on any atom is 0.304 e. The summed E-state index contributed by atoms with van der Waals surface area (Å²) in [6.07, 6.45) is -1.45. The van der Waals surface area contributed by atoms with Crippen molar-refractivity contribution in [2.45, 2.75) is 26.2 Å². The van der Waals surface area contributed by atoms with Gasteiger partial charge in [-0.15, -0.1) is 0 Å². The molecule has 0 aromatic heterocycles. The zero-order valence-electron chi connectivity index (χ0n) is 6.90. The summed E-state index contributed by atoms with van der Waals surface area (Å²) >= 11 is 0. The largest absolute Gasteiger partial charge is 0.441 e. The fourth-order valence-electron chi connectivity index (χ4n) is 1.12. The fourth-order valence-corrected chi connectivity index (χ4v) is 1.12. The normalized spacial score (nSPS) is 30.1. The van der Waals surface area contributed by atoms with Crippen molar-refractivity contribution in [2.75, 3.05) is 0 Å². The van der Waals surface area contributed by atoms with E-state index in [0.717, 1.165) is 0 Å². The average Bonchev–Trinajstić information content (AvgIpc) is 1.82. The van der Waals surface area contributed by atoms with Crippen molar-refractivity contribution >= 4 is 11.9 Å². The second-order valence-corrected chi connectivity index (χ2v) is 2.81. The lowest BCUT2D eigenvalue weighted by molar-refractivity contribution is -0.173. The van der Waals surface area contributed by atoms with Crippen molar-refractivity contribution in [2.24, 2.45) is 5.92 Å². The van der Waals surface area contributed by atoms with E-state index in [2.05, 4.69) is 5.32 Å². The summed E-state index contributed by atoms with van der Waals surface area (Å²) in [6, 6.07) is 0. The number of rotatable bonds is 2. The smallest absolute Gasteiger partial charge is 0.304 e. The summed E-state index contributed by atoms with van der Waals surface area (Å²) < 4.78 is 4.70. The number of aliphatic hydroxyl groups is 1. The molecule has 0 radical (unpaired) electrons. The van der Waals surface area contributed by atoms with Gasteiger partial charge in [0, 0.05) is 6.92 Å². The second kappa shape index (κ2) is 3.10. The predicted molar refractivity (Wildman–Crippen MR) is 38.9 cm³/mol. The van der Waals surface area contributed by atoms with Crippen molar-refractivity contribution < 1.29 is 19.4 Å². The summed E-state index contributed by atoms with van der Waals surface area (Å²) in [7, 11) is 0. The summed E-state index contributed by atoms with van der Waals surface area (Å²) in [6.45, 7) is 2.74. The van der Waals surface area contributed by atoms with Gasteiger partial charge in [0.05, 0.1) is 6.10 Å². The molecule has 2 N–H and O–H groups in total. The summed E-state index contributed by atoms with van der Waals surface area (Å²) in [5.74, 6) is -1.36. The molecule has 5 heteroatoms. The number of hydrogen-bond donors (Lipinski definition) is 2. The van der Waals surface area contributed by atoms with Gasteiger partial charge in [-0.1, -0.05) is 0 Å². The van der Waals surface area contributed by atoms with Gasteiger partial charge in [0.2, 0.25) is 5.91 Å². The molecule has 1 aliphatic heterocycles. The van der Waals surface area contributed by atoms with E-state index < -0.39 is 24.2 Å². The van der Waals surface area contributed by atoms with Crippen LogP contribution in [0, 0.1) is 5.92 Å². The third-order valence-corrected chi connectivity index (χ3v) is 1.73. The van der Waals surface area contributed by atoms with Crippen LogP contribution in [0.3, 0.4) is 0 Å². The molecule has 0 bridgehead atoms. The van der Waals surface area contributed by atoms with Gasteiger partial charge < -0.3 is 15.2 Å². The van der Waals surface area contributed by atoms with Gasteiger partial charge >= 0.3 is 5.97 Å². The lowest BCUT2D eigenvalue weighted by Gasteiger charge is -2.36. The molecule has 1 saturated heterocycles. The number of esters is 1. The number of ether oxygens (including phenoxy) is 1. The van der Waals surface area contributed by atoms with Crippen LogP contribution in [0.1, 0.15) is 13.8 Å². The molecular formula is C7H11NO4. The van der Waals surface area contributed by atoms with Crippen LogP contribution < -0.4 is 5.32 Å². The highest BCUT2D eigenvalue weighted by molar-refractivity contribution is 5.86. The average molecular weight is 173 g/mol. The first-order chi connectivity index (χ1) is 5.52. The van der Waals surface area contributed by atoms with E-state index in [0.29, 0.717) is 0 Å². The first-order valence-electron chi connectivity index (χ1n) is 3.68. The number of amides is 1. The molecule has 3 atom stereocenters. The number of nitrogens with one attached hydrogen (secondary N) is 1. The Morgan fingerprint density at radius 2 is 2.33 bits per heavy atom. The highest BCUT2D eigenvalue weighted by Crippen LogP contribution is 2.19. The summed E-state index contributed by atoms with van der Waals surface area (Å²) in [4.78, 5) is 21.3.